The summed E-state index contributed by atoms with van der Waals surface area (Å²) in [5, 5.41) is 4.00. The zero-order chi connectivity index (χ0) is 12.4. The van der Waals surface area contributed by atoms with E-state index in [1.54, 1.807) is 0 Å². The minimum atomic E-state index is 0.608. The second-order valence-electron chi connectivity index (χ2n) is 4.62. The van der Waals surface area contributed by atoms with E-state index < -0.39 is 0 Å². The van der Waals surface area contributed by atoms with E-state index in [4.69, 9.17) is 10.3 Å². The van der Waals surface area contributed by atoms with Gasteiger partial charge in [0.1, 0.15) is 0 Å². The molecule has 94 valence electrons. The molecule has 5 heteroatoms. The standard InChI is InChI=1S/C13H16N4O/c14-11-5-3-4-10(8-11)13-15-12(18-16-13)9-17-6-1-2-7-17/h3-5,8H,1-2,6-7,9,14H2. The summed E-state index contributed by atoms with van der Waals surface area (Å²) >= 11 is 0. The van der Waals surface area contributed by atoms with Crippen molar-refractivity contribution >= 4 is 5.69 Å². The summed E-state index contributed by atoms with van der Waals surface area (Å²) in [7, 11) is 0. The Kier molecular flexibility index (Phi) is 2.98. The summed E-state index contributed by atoms with van der Waals surface area (Å²) in [5.74, 6) is 1.28. The molecule has 0 saturated carbocycles. The Morgan fingerprint density at radius 3 is 2.89 bits per heavy atom. The van der Waals surface area contributed by atoms with Crippen molar-refractivity contribution in [1.82, 2.24) is 15.0 Å². The second kappa shape index (κ2) is 4.78. The SMILES string of the molecule is Nc1cccc(-c2noc(CN3CCCC3)n2)c1. The first kappa shape index (κ1) is 11.2. The van der Waals surface area contributed by atoms with E-state index in [9.17, 15) is 0 Å². The number of nitrogens with two attached hydrogens (primary N) is 1. The molecular formula is C13H16N4O. The van der Waals surface area contributed by atoms with Crippen molar-refractivity contribution in [3.05, 3.63) is 30.2 Å². The van der Waals surface area contributed by atoms with Gasteiger partial charge in [-0.15, -0.1) is 0 Å². The lowest BCUT2D eigenvalue weighted by atomic mass is 10.2. The van der Waals surface area contributed by atoms with Gasteiger partial charge in [0, 0.05) is 11.3 Å². The molecule has 0 atom stereocenters. The number of benzene rings is 1. The quantitative estimate of drug-likeness (QED) is 0.835. The molecule has 18 heavy (non-hydrogen) atoms. The van der Waals surface area contributed by atoms with Crippen molar-refractivity contribution in [2.24, 2.45) is 0 Å². The van der Waals surface area contributed by atoms with E-state index in [1.165, 1.54) is 12.8 Å². The number of hydrogen-bond donors (Lipinski definition) is 1. The summed E-state index contributed by atoms with van der Waals surface area (Å²) in [6.45, 7) is 2.99. The topological polar surface area (TPSA) is 68.2 Å². The molecule has 1 aliphatic rings. The smallest absolute Gasteiger partial charge is 0.241 e. The third-order valence-corrected chi connectivity index (χ3v) is 3.17. The second-order valence-corrected chi connectivity index (χ2v) is 4.62. The van der Waals surface area contributed by atoms with Crippen molar-refractivity contribution in [1.29, 1.82) is 0 Å². The minimum absolute atomic E-state index is 0.608. The average Bonchev–Trinajstić information content (AvgIpc) is 3.01. The van der Waals surface area contributed by atoms with E-state index in [2.05, 4.69) is 15.0 Å². The monoisotopic (exact) mass is 244 g/mol. The first-order valence-electron chi connectivity index (χ1n) is 6.22. The summed E-state index contributed by atoms with van der Waals surface area (Å²) in [6.07, 6.45) is 2.52. The lowest BCUT2D eigenvalue weighted by molar-refractivity contribution is 0.268. The number of nitrogen functional groups attached to an aromatic ring is 1. The van der Waals surface area contributed by atoms with E-state index >= 15 is 0 Å². The van der Waals surface area contributed by atoms with Crippen molar-refractivity contribution in [2.45, 2.75) is 19.4 Å². The van der Waals surface area contributed by atoms with Crippen LogP contribution in [0.3, 0.4) is 0 Å². The Morgan fingerprint density at radius 2 is 2.11 bits per heavy atom. The van der Waals surface area contributed by atoms with Crippen LogP contribution in [0.25, 0.3) is 11.4 Å². The Hall–Kier alpha value is -1.88. The first-order valence-corrected chi connectivity index (χ1v) is 6.22. The molecule has 0 spiro atoms. The maximum atomic E-state index is 5.74. The molecule has 0 amide bonds. The molecule has 1 fully saturated rings. The molecular weight excluding hydrogens is 228 g/mol. The Bertz CT molecular complexity index is 531. The fraction of sp³-hybridized carbons (Fsp3) is 0.385. The summed E-state index contributed by atoms with van der Waals surface area (Å²) in [4.78, 5) is 6.74. The highest BCUT2D eigenvalue weighted by atomic mass is 16.5. The first-order chi connectivity index (χ1) is 8.81. The normalized spacial score (nSPS) is 16.2. The number of aromatic nitrogens is 2. The molecule has 1 aliphatic heterocycles. The Labute approximate surface area is 106 Å². The highest BCUT2D eigenvalue weighted by Gasteiger charge is 2.16. The molecule has 0 bridgehead atoms. The average molecular weight is 244 g/mol. The lowest BCUT2D eigenvalue weighted by Gasteiger charge is -2.09. The summed E-state index contributed by atoms with van der Waals surface area (Å²) < 4.78 is 5.28. The predicted molar refractivity (Wildman–Crippen MR) is 68.7 cm³/mol. The van der Waals surface area contributed by atoms with Crippen molar-refractivity contribution in [2.75, 3.05) is 18.8 Å². The number of likely N-dealkylation sites (tertiary alicyclic amines) is 1. The number of nitrogens with zero attached hydrogens (tertiary/aromatic N) is 3. The molecule has 3 rings (SSSR count). The summed E-state index contributed by atoms with van der Waals surface area (Å²) in [6, 6.07) is 7.52. The van der Waals surface area contributed by atoms with Crippen LogP contribution in [0.5, 0.6) is 0 Å². The number of hydrogen-bond acceptors (Lipinski definition) is 5. The molecule has 1 aromatic carbocycles. The van der Waals surface area contributed by atoms with E-state index in [1.807, 2.05) is 24.3 Å². The van der Waals surface area contributed by atoms with Gasteiger partial charge in [0.25, 0.3) is 0 Å². The van der Waals surface area contributed by atoms with E-state index in [0.717, 1.165) is 25.2 Å². The van der Waals surface area contributed by atoms with Crippen LogP contribution in [-0.4, -0.2) is 28.1 Å². The molecule has 2 aromatic rings. The van der Waals surface area contributed by atoms with Crippen LogP contribution in [0, 0.1) is 0 Å². The molecule has 0 unspecified atom stereocenters. The molecule has 1 saturated heterocycles. The third kappa shape index (κ3) is 2.36. The number of anilines is 1. The van der Waals surface area contributed by atoms with E-state index in [-0.39, 0.29) is 0 Å². The van der Waals surface area contributed by atoms with Gasteiger partial charge in [0.05, 0.1) is 6.54 Å². The fourth-order valence-electron chi connectivity index (χ4n) is 2.25. The van der Waals surface area contributed by atoms with Gasteiger partial charge in [-0.3, -0.25) is 4.90 Å². The van der Waals surface area contributed by atoms with Gasteiger partial charge >= 0.3 is 0 Å². The van der Waals surface area contributed by atoms with Gasteiger partial charge in [-0.25, -0.2) is 0 Å². The molecule has 1 aromatic heterocycles. The maximum absolute atomic E-state index is 5.74. The van der Waals surface area contributed by atoms with Gasteiger partial charge in [0.15, 0.2) is 0 Å². The zero-order valence-electron chi connectivity index (χ0n) is 10.2. The van der Waals surface area contributed by atoms with Gasteiger partial charge in [-0.2, -0.15) is 4.98 Å². The maximum Gasteiger partial charge on any atom is 0.241 e. The van der Waals surface area contributed by atoms with Gasteiger partial charge in [-0.1, -0.05) is 17.3 Å². The van der Waals surface area contributed by atoms with Crippen LogP contribution in [0.4, 0.5) is 5.69 Å². The fourth-order valence-corrected chi connectivity index (χ4v) is 2.25. The molecule has 5 nitrogen and oxygen atoms in total. The van der Waals surface area contributed by atoms with Gasteiger partial charge in [0.2, 0.25) is 11.7 Å². The Balaban J connectivity index is 1.76. The minimum Gasteiger partial charge on any atom is -0.399 e. The van der Waals surface area contributed by atoms with Crippen molar-refractivity contribution < 1.29 is 4.52 Å². The van der Waals surface area contributed by atoms with Crippen molar-refractivity contribution in [3.63, 3.8) is 0 Å². The van der Waals surface area contributed by atoms with Crippen LogP contribution in [0.15, 0.2) is 28.8 Å². The van der Waals surface area contributed by atoms with Gasteiger partial charge < -0.3 is 10.3 Å². The lowest BCUT2D eigenvalue weighted by Crippen LogP contribution is -2.18. The highest BCUT2D eigenvalue weighted by Crippen LogP contribution is 2.19. The summed E-state index contributed by atoms with van der Waals surface area (Å²) in [5.41, 5.74) is 7.34. The number of rotatable bonds is 3. The molecule has 2 heterocycles. The van der Waals surface area contributed by atoms with Crippen LogP contribution in [-0.2, 0) is 6.54 Å². The van der Waals surface area contributed by atoms with Crippen LogP contribution in [0.2, 0.25) is 0 Å². The van der Waals surface area contributed by atoms with Crippen LogP contribution >= 0.6 is 0 Å². The molecule has 0 aliphatic carbocycles. The van der Waals surface area contributed by atoms with Gasteiger partial charge in [-0.05, 0) is 38.1 Å². The van der Waals surface area contributed by atoms with Crippen molar-refractivity contribution in [3.8, 4) is 11.4 Å². The Morgan fingerprint density at radius 1 is 1.28 bits per heavy atom. The largest absolute Gasteiger partial charge is 0.399 e. The van der Waals surface area contributed by atoms with Crippen LogP contribution < -0.4 is 5.73 Å². The predicted octanol–water partition coefficient (Wildman–Crippen LogP) is 1.91. The zero-order valence-corrected chi connectivity index (χ0v) is 10.2. The molecule has 2 N–H and O–H groups in total. The molecule has 0 radical (unpaired) electrons. The third-order valence-electron chi connectivity index (χ3n) is 3.17. The van der Waals surface area contributed by atoms with Crippen LogP contribution in [0.1, 0.15) is 18.7 Å². The highest BCUT2D eigenvalue weighted by molar-refractivity contribution is 5.60. The van der Waals surface area contributed by atoms with E-state index in [0.29, 0.717) is 17.4 Å².